The van der Waals surface area contributed by atoms with E-state index in [2.05, 4.69) is 30.3 Å². The summed E-state index contributed by atoms with van der Waals surface area (Å²) in [6.07, 6.45) is 5.35. The largest absolute Gasteiger partial charge is 0.384 e. The summed E-state index contributed by atoms with van der Waals surface area (Å²) < 4.78 is 5.27. The highest BCUT2D eigenvalue weighted by Gasteiger charge is 2.22. The van der Waals surface area contributed by atoms with Crippen LogP contribution in [0, 0.1) is 5.92 Å². The van der Waals surface area contributed by atoms with Gasteiger partial charge in [0, 0.05) is 13.7 Å². The van der Waals surface area contributed by atoms with E-state index >= 15 is 0 Å². The highest BCUT2D eigenvalue weighted by atomic mass is 16.5. The summed E-state index contributed by atoms with van der Waals surface area (Å²) >= 11 is 0. The fourth-order valence-corrected chi connectivity index (χ4v) is 2.71. The average Bonchev–Trinajstić information content (AvgIpc) is 2.31. The van der Waals surface area contributed by atoms with E-state index in [4.69, 9.17) is 4.74 Å². The van der Waals surface area contributed by atoms with Crippen molar-refractivity contribution in [3.63, 3.8) is 0 Å². The van der Waals surface area contributed by atoms with E-state index in [1.54, 1.807) is 0 Å². The predicted molar refractivity (Wildman–Crippen MR) is 63.0 cm³/mol. The van der Waals surface area contributed by atoms with Gasteiger partial charge >= 0.3 is 0 Å². The lowest BCUT2D eigenvalue weighted by Gasteiger charge is -2.28. The first-order valence-corrected chi connectivity index (χ1v) is 5.94. The standard InChI is InChI=1S/C14H20O/c1-15-11-12-6-5-9-14(10-12)13-7-3-2-4-8-13/h2-4,7-8,12,14H,5-6,9-11H2,1H3/t12-,14?/m0/s1. The molecule has 0 aliphatic heterocycles. The van der Waals surface area contributed by atoms with Gasteiger partial charge < -0.3 is 4.74 Å². The first-order valence-electron chi connectivity index (χ1n) is 5.94. The van der Waals surface area contributed by atoms with Crippen LogP contribution in [-0.4, -0.2) is 13.7 Å². The third-order valence-electron chi connectivity index (χ3n) is 3.46. The van der Waals surface area contributed by atoms with Crippen molar-refractivity contribution in [2.75, 3.05) is 13.7 Å². The number of methoxy groups -OCH3 is 1. The molecule has 2 atom stereocenters. The third kappa shape index (κ3) is 2.82. The molecular formula is C14H20O. The fraction of sp³-hybridized carbons (Fsp3) is 0.571. The van der Waals surface area contributed by atoms with Gasteiger partial charge in [0.25, 0.3) is 0 Å². The Kier molecular flexibility index (Phi) is 3.79. The third-order valence-corrected chi connectivity index (χ3v) is 3.46. The summed E-state index contributed by atoms with van der Waals surface area (Å²) in [5, 5.41) is 0. The molecule has 2 rings (SSSR count). The van der Waals surface area contributed by atoms with Crippen LogP contribution >= 0.6 is 0 Å². The Labute approximate surface area is 92.5 Å². The van der Waals surface area contributed by atoms with E-state index < -0.39 is 0 Å². The lowest BCUT2D eigenvalue weighted by Crippen LogP contribution is -2.18. The highest BCUT2D eigenvalue weighted by Crippen LogP contribution is 2.35. The number of hydrogen-bond donors (Lipinski definition) is 0. The van der Waals surface area contributed by atoms with Gasteiger partial charge in [-0.2, -0.15) is 0 Å². The molecule has 0 N–H and O–H groups in total. The van der Waals surface area contributed by atoms with Crippen LogP contribution in [0.3, 0.4) is 0 Å². The molecule has 0 aromatic heterocycles. The van der Waals surface area contributed by atoms with Crippen LogP contribution < -0.4 is 0 Å². The van der Waals surface area contributed by atoms with Gasteiger partial charge in [-0.1, -0.05) is 36.8 Å². The Morgan fingerprint density at radius 3 is 2.73 bits per heavy atom. The lowest BCUT2D eigenvalue weighted by molar-refractivity contribution is 0.125. The summed E-state index contributed by atoms with van der Waals surface area (Å²) in [6.45, 7) is 0.934. The lowest BCUT2D eigenvalue weighted by atomic mass is 9.78. The van der Waals surface area contributed by atoms with E-state index in [0.717, 1.165) is 18.4 Å². The monoisotopic (exact) mass is 204 g/mol. The normalized spacial score (nSPS) is 26.5. The molecule has 15 heavy (non-hydrogen) atoms. The number of ether oxygens (including phenoxy) is 1. The minimum Gasteiger partial charge on any atom is -0.384 e. The van der Waals surface area contributed by atoms with Gasteiger partial charge in [-0.3, -0.25) is 0 Å². The van der Waals surface area contributed by atoms with Crippen LogP contribution in [-0.2, 0) is 4.74 Å². The van der Waals surface area contributed by atoms with Gasteiger partial charge in [-0.15, -0.1) is 0 Å². The first kappa shape index (κ1) is 10.7. The summed E-state index contributed by atoms with van der Waals surface area (Å²) in [5.74, 6) is 1.54. The smallest absolute Gasteiger partial charge is 0.0490 e. The minimum absolute atomic E-state index is 0.764. The Morgan fingerprint density at radius 1 is 1.20 bits per heavy atom. The van der Waals surface area contributed by atoms with E-state index in [0.29, 0.717) is 0 Å². The second-order valence-corrected chi connectivity index (χ2v) is 4.60. The van der Waals surface area contributed by atoms with Gasteiger partial charge in [0.2, 0.25) is 0 Å². The molecule has 1 saturated carbocycles. The number of benzene rings is 1. The quantitative estimate of drug-likeness (QED) is 0.731. The Hall–Kier alpha value is -0.820. The van der Waals surface area contributed by atoms with Gasteiger partial charge in [0.05, 0.1) is 0 Å². The summed E-state index contributed by atoms with van der Waals surface area (Å²) in [4.78, 5) is 0. The maximum atomic E-state index is 5.27. The average molecular weight is 204 g/mol. The highest BCUT2D eigenvalue weighted by molar-refractivity contribution is 5.19. The summed E-state index contributed by atoms with van der Waals surface area (Å²) in [7, 11) is 1.81. The van der Waals surface area contributed by atoms with Crippen LogP contribution in [0.1, 0.15) is 37.2 Å². The molecule has 1 aliphatic carbocycles. The molecule has 0 bridgehead atoms. The van der Waals surface area contributed by atoms with Gasteiger partial charge in [-0.25, -0.2) is 0 Å². The zero-order valence-corrected chi connectivity index (χ0v) is 9.49. The van der Waals surface area contributed by atoms with Crippen molar-refractivity contribution in [3.05, 3.63) is 35.9 Å². The van der Waals surface area contributed by atoms with Crippen molar-refractivity contribution >= 4 is 0 Å². The van der Waals surface area contributed by atoms with E-state index in [9.17, 15) is 0 Å². The molecule has 1 heteroatoms. The van der Waals surface area contributed by atoms with Crippen LogP contribution in [0.25, 0.3) is 0 Å². The van der Waals surface area contributed by atoms with Crippen LogP contribution in [0.2, 0.25) is 0 Å². The summed E-state index contributed by atoms with van der Waals surface area (Å²) in [5.41, 5.74) is 1.51. The van der Waals surface area contributed by atoms with Gasteiger partial charge in [0.1, 0.15) is 0 Å². The molecule has 1 aromatic rings. The zero-order valence-electron chi connectivity index (χ0n) is 9.49. The van der Waals surface area contributed by atoms with E-state index in [-0.39, 0.29) is 0 Å². The zero-order chi connectivity index (χ0) is 10.5. The van der Waals surface area contributed by atoms with Crippen molar-refractivity contribution in [1.29, 1.82) is 0 Å². The van der Waals surface area contributed by atoms with Crippen molar-refractivity contribution in [2.24, 2.45) is 5.92 Å². The second kappa shape index (κ2) is 5.32. The van der Waals surface area contributed by atoms with Crippen LogP contribution in [0.15, 0.2) is 30.3 Å². The van der Waals surface area contributed by atoms with Crippen molar-refractivity contribution in [3.8, 4) is 0 Å². The molecular weight excluding hydrogens is 184 g/mol. The van der Waals surface area contributed by atoms with E-state index in [1.807, 2.05) is 7.11 Å². The molecule has 1 fully saturated rings. The minimum atomic E-state index is 0.764. The molecule has 0 heterocycles. The number of hydrogen-bond acceptors (Lipinski definition) is 1. The van der Waals surface area contributed by atoms with Crippen molar-refractivity contribution in [2.45, 2.75) is 31.6 Å². The van der Waals surface area contributed by atoms with Crippen LogP contribution in [0.5, 0.6) is 0 Å². The van der Waals surface area contributed by atoms with Crippen molar-refractivity contribution in [1.82, 2.24) is 0 Å². The predicted octanol–water partition coefficient (Wildman–Crippen LogP) is 3.61. The van der Waals surface area contributed by atoms with Crippen LogP contribution in [0.4, 0.5) is 0 Å². The maximum Gasteiger partial charge on any atom is 0.0490 e. The molecule has 0 radical (unpaired) electrons. The molecule has 1 aliphatic rings. The topological polar surface area (TPSA) is 9.23 Å². The molecule has 1 nitrogen and oxygen atoms in total. The Bertz CT molecular complexity index is 279. The maximum absolute atomic E-state index is 5.27. The first-order chi connectivity index (χ1) is 7.40. The molecule has 1 aromatic carbocycles. The number of rotatable bonds is 3. The fourth-order valence-electron chi connectivity index (χ4n) is 2.71. The SMILES string of the molecule is COC[C@H]1CCCC(c2ccccc2)C1. The molecule has 82 valence electrons. The Balaban J connectivity index is 1.98. The van der Waals surface area contributed by atoms with E-state index in [1.165, 1.54) is 31.2 Å². The van der Waals surface area contributed by atoms with Gasteiger partial charge in [-0.05, 0) is 36.7 Å². The Morgan fingerprint density at radius 2 is 2.00 bits per heavy atom. The molecule has 0 amide bonds. The van der Waals surface area contributed by atoms with Crippen molar-refractivity contribution < 1.29 is 4.74 Å². The molecule has 0 spiro atoms. The molecule has 1 unspecified atom stereocenters. The van der Waals surface area contributed by atoms with Gasteiger partial charge in [0.15, 0.2) is 0 Å². The second-order valence-electron chi connectivity index (χ2n) is 4.60. The summed E-state index contributed by atoms with van der Waals surface area (Å²) in [6, 6.07) is 10.9. The molecule has 0 saturated heterocycles.